The van der Waals surface area contributed by atoms with Crippen LogP contribution in [0.4, 0.5) is 17.6 Å². The topological polar surface area (TPSA) is 59.2 Å². The van der Waals surface area contributed by atoms with E-state index in [0.29, 0.717) is 31.0 Å². The molecule has 30 heavy (non-hydrogen) atoms. The summed E-state index contributed by atoms with van der Waals surface area (Å²) in [6, 6.07) is 9.85. The van der Waals surface area contributed by atoms with Crippen molar-refractivity contribution in [2.75, 3.05) is 13.1 Å². The summed E-state index contributed by atoms with van der Waals surface area (Å²) in [4.78, 5) is 14.3. The Morgan fingerprint density at radius 2 is 1.73 bits per heavy atom. The van der Waals surface area contributed by atoms with Gasteiger partial charge in [0.15, 0.2) is 0 Å². The lowest BCUT2D eigenvalue weighted by molar-refractivity contribution is -0.137. The van der Waals surface area contributed by atoms with Gasteiger partial charge in [-0.1, -0.05) is 0 Å². The number of piperidine rings is 1. The number of rotatable bonds is 3. The molecule has 156 valence electrons. The van der Waals surface area contributed by atoms with Crippen LogP contribution in [0.1, 0.15) is 40.6 Å². The first-order valence-electron chi connectivity index (χ1n) is 9.37. The molecule has 1 atom stereocenters. The summed E-state index contributed by atoms with van der Waals surface area (Å²) in [5.74, 6) is -0.260. The Balaban J connectivity index is 1.47. The number of hydrogen-bond acceptors (Lipinski definition) is 4. The number of carbonyl (C=O) groups excluding carboxylic acids is 1. The fourth-order valence-electron chi connectivity index (χ4n) is 3.46. The molecule has 0 aliphatic carbocycles. The van der Waals surface area contributed by atoms with Gasteiger partial charge in [-0.2, -0.15) is 13.2 Å². The Hall–Kier alpha value is -3.23. The second-order valence-corrected chi connectivity index (χ2v) is 7.12. The maximum Gasteiger partial charge on any atom is 0.416 e. The van der Waals surface area contributed by atoms with Crippen LogP contribution in [0.3, 0.4) is 0 Å². The molecule has 0 N–H and O–H groups in total. The largest absolute Gasteiger partial charge is 0.420 e. The number of benzene rings is 2. The molecule has 5 nitrogen and oxygen atoms in total. The SMILES string of the molecule is O=C(c1ccc(C(F)(F)F)cc1)N1CCCC(c2nnc(-c3ccc(F)cc3)o2)C1. The van der Waals surface area contributed by atoms with Gasteiger partial charge in [-0.05, 0) is 61.4 Å². The summed E-state index contributed by atoms with van der Waals surface area (Å²) in [7, 11) is 0. The van der Waals surface area contributed by atoms with E-state index in [1.165, 1.54) is 36.4 Å². The Morgan fingerprint density at radius 1 is 1.03 bits per heavy atom. The van der Waals surface area contributed by atoms with E-state index in [1.807, 2.05) is 0 Å². The molecule has 4 rings (SSSR count). The zero-order chi connectivity index (χ0) is 21.3. The maximum atomic E-state index is 13.1. The molecule has 1 aromatic heterocycles. The molecule has 2 aromatic carbocycles. The van der Waals surface area contributed by atoms with Crippen LogP contribution in [0.15, 0.2) is 52.9 Å². The van der Waals surface area contributed by atoms with Gasteiger partial charge in [0.25, 0.3) is 5.91 Å². The van der Waals surface area contributed by atoms with Crippen LogP contribution < -0.4 is 0 Å². The standard InChI is InChI=1S/C21H17F4N3O2/c22-17-9-5-13(6-10-17)18-26-27-19(30-18)15-2-1-11-28(12-15)20(29)14-3-7-16(8-4-14)21(23,24)25/h3-10,15H,1-2,11-12H2. The maximum absolute atomic E-state index is 13.1. The van der Waals surface area contributed by atoms with Crippen LogP contribution in [0, 0.1) is 5.82 Å². The minimum atomic E-state index is -4.45. The van der Waals surface area contributed by atoms with Gasteiger partial charge in [-0.3, -0.25) is 4.79 Å². The van der Waals surface area contributed by atoms with E-state index in [1.54, 1.807) is 4.90 Å². The summed E-state index contributed by atoms with van der Waals surface area (Å²) in [5, 5.41) is 8.07. The Morgan fingerprint density at radius 3 is 2.40 bits per heavy atom. The molecule has 9 heteroatoms. The average Bonchev–Trinajstić information content (AvgIpc) is 3.24. The van der Waals surface area contributed by atoms with Crippen LogP contribution in [-0.2, 0) is 6.18 Å². The van der Waals surface area contributed by atoms with Crippen molar-refractivity contribution >= 4 is 5.91 Å². The predicted molar refractivity (Wildman–Crippen MR) is 99.0 cm³/mol. The van der Waals surface area contributed by atoms with E-state index in [0.717, 1.165) is 18.6 Å². The molecular formula is C21H17F4N3O2. The van der Waals surface area contributed by atoms with Crippen molar-refractivity contribution in [3.63, 3.8) is 0 Å². The fraction of sp³-hybridized carbons (Fsp3) is 0.286. The molecule has 0 bridgehead atoms. The van der Waals surface area contributed by atoms with Gasteiger partial charge in [0.05, 0.1) is 11.5 Å². The van der Waals surface area contributed by atoms with Gasteiger partial charge >= 0.3 is 6.18 Å². The van der Waals surface area contributed by atoms with Gasteiger partial charge < -0.3 is 9.32 Å². The van der Waals surface area contributed by atoms with Crippen LogP contribution in [0.5, 0.6) is 0 Å². The van der Waals surface area contributed by atoms with Crippen molar-refractivity contribution in [2.24, 2.45) is 0 Å². The van der Waals surface area contributed by atoms with Crippen molar-refractivity contribution in [1.82, 2.24) is 15.1 Å². The van der Waals surface area contributed by atoms with Gasteiger partial charge in [-0.15, -0.1) is 10.2 Å². The summed E-state index contributed by atoms with van der Waals surface area (Å²) < 4.78 is 57.0. The number of alkyl halides is 3. The zero-order valence-electron chi connectivity index (χ0n) is 15.7. The molecule has 0 radical (unpaired) electrons. The van der Waals surface area contributed by atoms with E-state index in [9.17, 15) is 22.4 Å². The van der Waals surface area contributed by atoms with Crippen LogP contribution in [-0.4, -0.2) is 34.1 Å². The number of likely N-dealkylation sites (tertiary alicyclic amines) is 1. The van der Waals surface area contributed by atoms with Gasteiger partial charge in [-0.25, -0.2) is 4.39 Å². The first-order chi connectivity index (χ1) is 14.3. The van der Waals surface area contributed by atoms with Crippen molar-refractivity contribution in [3.05, 3.63) is 71.4 Å². The number of nitrogens with zero attached hydrogens (tertiary/aromatic N) is 3. The van der Waals surface area contributed by atoms with Crippen LogP contribution in [0.25, 0.3) is 11.5 Å². The number of halogens is 4. The molecule has 0 saturated carbocycles. The van der Waals surface area contributed by atoms with Gasteiger partial charge in [0.2, 0.25) is 11.8 Å². The number of amides is 1. The average molecular weight is 419 g/mol. The molecule has 1 unspecified atom stereocenters. The quantitative estimate of drug-likeness (QED) is 0.566. The highest BCUT2D eigenvalue weighted by molar-refractivity contribution is 5.94. The third-order valence-electron chi connectivity index (χ3n) is 5.05. The van der Waals surface area contributed by atoms with Crippen LogP contribution >= 0.6 is 0 Å². The molecular weight excluding hydrogens is 402 g/mol. The molecule has 1 fully saturated rings. The number of hydrogen-bond donors (Lipinski definition) is 0. The monoisotopic (exact) mass is 419 g/mol. The third-order valence-corrected chi connectivity index (χ3v) is 5.05. The highest BCUT2D eigenvalue weighted by Gasteiger charge is 2.32. The second-order valence-electron chi connectivity index (χ2n) is 7.12. The van der Waals surface area contributed by atoms with Crippen molar-refractivity contribution in [3.8, 4) is 11.5 Å². The Labute approximate surface area is 169 Å². The lowest BCUT2D eigenvalue weighted by Crippen LogP contribution is -2.39. The summed E-state index contributed by atoms with van der Waals surface area (Å²) >= 11 is 0. The highest BCUT2D eigenvalue weighted by atomic mass is 19.4. The second kappa shape index (κ2) is 7.89. The highest BCUT2D eigenvalue weighted by Crippen LogP contribution is 2.31. The molecule has 2 heterocycles. The van der Waals surface area contributed by atoms with Crippen molar-refractivity contribution in [1.29, 1.82) is 0 Å². The molecule has 1 aliphatic rings. The minimum absolute atomic E-state index is 0.182. The van der Waals surface area contributed by atoms with E-state index in [4.69, 9.17) is 4.42 Å². The first-order valence-corrected chi connectivity index (χ1v) is 9.37. The summed E-state index contributed by atoms with van der Waals surface area (Å²) in [6.07, 6.45) is -3.01. The lowest BCUT2D eigenvalue weighted by atomic mass is 9.97. The molecule has 1 aliphatic heterocycles. The molecule has 1 amide bonds. The van der Waals surface area contributed by atoms with Crippen molar-refractivity contribution in [2.45, 2.75) is 24.9 Å². The Bertz CT molecular complexity index is 1030. The molecule has 3 aromatic rings. The number of carbonyl (C=O) groups is 1. The van der Waals surface area contributed by atoms with E-state index < -0.39 is 11.7 Å². The van der Waals surface area contributed by atoms with Gasteiger partial charge in [0, 0.05) is 24.2 Å². The first kappa shape index (κ1) is 20.1. The van der Waals surface area contributed by atoms with Gasteiger partial charge in [0.1, 0.15) is 5.82 Å². The number of aromatic nitrogens is 2. The zero-order valence-corrected chi connectivity index (χ0v) is 15.7. The normalized spacial score (nSPS) is 17.2. The minimum Gasteiger partial charge on any atom is -0.420 e. The van der Waals surface area contributed by atoms with E-state index >= 15 is 0 Å². The molecule has 1 saturated heterocycles. The fourth-order valence-corrected chi connectivity index (χ4v) is 3.46. The predicted octanol–water partition coefficient (Wildman–Crippen LogP) is 4.91. The van der Waals surface area contributed by atoms with E-state index in [-0.39, 0.29) is 29.1 Å². The summed E-state index contributed by atoms with van der Waals surface area (Å²) in [5.41, 5.74) is -0.0143. The Kier molecular flexibility index (Phi) is 5.27. The van der Waals surface area contributed by atoms with Crippen LogP contribution in [0.2, 0.25) is 0 Å². The van der Waals surface area contributed by atoms with Crippen molar-refractivity contribution < 1.29 is 26.8 Å². The lowest BCUT2D eigenvalue weighted by Gasteiger charge is -2.31. The third kappa shape index (κ3) is 4.19. The smallest absolute Gasteiger partial charge is 0.416 e. The summed E-state index contributed by atoms with van der Waals surface area (Å²) in [6.45, 7) is 0.820. The van der Waals surface area contributed by atoms with E-state index in [2.05, 4.69) is 10.2 Å². The molecule has 0 spiro atoms.